The van der Waals surface area contributed by atoms with Crippen molar-refractivity contribution >= 4 is 17.2 Å². The van der Waals surface area contributed by atoms with Gasteiger partial charge in [0.05, 0.1) is 17.2 Å². The minimum atomic E-state index is -0.0753. The zero-order valence-corrected chi connectivity index (χ0v) is 14.6. The van der Waals surface area contributed by atoms with Crippen LogP contribution in [0.25, 0.3) is 11.1 Å². The molecule has 122 valence electrons. The monoisotopic (exact) mass is 336 g/mol. The summed E-state index contributed by atoms with van der Waals surface area (Å²) < 4.78 is 0. The molecule has 0 spiro atoms. The average Bonchev–Trinajstić information content (AvgIpc) is 3.10. The van der Waals surface area contributed by atoms with Crippen molar-refractivity contribution in [3.8, 4) is 11.1 Å². The van der Waals surface area contributed by atoms with Gasteiger partial charge in [-0.2, -0.15) is 0 Å². The zero-order valence-electron chi connectivity index (χ0n) is 13.8. The normalized spacial score (nSPS) is 10.8. The van der Waals surface area contributed by atoms with Crippen LogP contribution in [0, 0.1) is 0 Å². The Bertz CT molecular complexity index is 807. The summed E-state index contributed by atoms with van der Waals surface area (Å²) in [5, 5.41) is 6.04. The Hall–Kier alpha value is -2.46. The maximum Gasteiger partial charge on any atom is 0.251 e. The van der Waals surface area contributed by atoms with Gasteiger partial charge in [-0.1, -0.05) is 56.3 Å². The number of aromatic nitrogens is 1. The van der Waals surface area contributed by atoms with Crippen LogP contribution in [0.1, 0.15) is 40.8 Å². The van der Waals surface area contributed by atoms with Crippen LogP contribution >= 0.6 is 11.3 Å². The van der Waals surface area contributed by atoms with Crippen LogP contribution in [-0.2, 0) is 6.54 Å². The van der Waals surface area contributed by atoms with Crippen LogP contribution in [-0.4, -0.2) is 10.9 Å². The Morgan fingerprint density at radius 1 is 1.04 bits per heavy atom. The van der Waals surface area contributed by atoms with E-state index in [9.17, 15) is 4.79 Å². The molecule has 2 aromatic carbocycles. The van der Waals surface area contributed by atoms with Gasteiger partial charge in [0.25, 0.3) is 5.91 Å². The number of hydrogen-bond donors (Lipinski definition) is 1. The van der Waals surface area contributed by atoms with Gasteiger partial charge in [0.2, 0.25) is 0 Å². The third-order valence-electron chi connectivity index (χ3n) is 3.75. The molecule has 1 heterocycles. The minimum absolute atomic E-state index is 0.0753. The molecular formula is C20H20N2OS. The van der Waals surface area contributed by atoms with Crippen LogP contribution in [0.2, 0.25) is 0 Å². The first-order valence-electron chi connectivity index (χ1n) is 8.01. The molecule has 24 heavy (non-hydrogen) atoms. The van der Waals surface area contributed by atoms with Crippen molar-refractivity contribution in [2.75, 3.05) is 0 Å². The first kappa shape index (κ1) is 16.4. The van der Waals surface area contributed by atoms with Crippen molar-refractivity contribution in [3.05, 3.63) is 76.2 Å². The van der Waals surface area contributed by atoms with Crippen LogP contribution in [0.3, 0.4) is 0 Å². The number of hydrogen-bond acceptors (Lipinski definition) is 3. The Balaban J connectivity index is 1.62. The fourth-order valence-corrected chi connectivity index (χ4v) is 3.22. The number of rotatable bonds is 5. The molecule has 3 rings (SSSR count). The lowest BCUT2D eigenvalue weighted by Crippen LogP contribution is -2.22. The van der Waals surface area contributed by atoms with Crippen molar-refractivity contribution in [2.45, 2.75) is 26.3 Å². The summed E-state index contributed by atoms with van der Waals surface area (Å²) in [6, 6.07) is 17.8. The van der Waals surface area contributed by atoms with E-state index >= 15 is 0 Å². The number of benzene rings is 2. The predicted molar refractivity (Wildman–Crippen MR) is 99.3 cm³/mol. The topological polar surface area (TPSA) is 42.0 Å². The molecule has 0 bridgehead atoms. The highest BCUT2D eigenvalue weighted by Crippen LogP contribution is 2.20. The fraction of sp³-hybridized carbons (Fsp3) is 0.200. The molecule has 3 nitrogen and oxygen atoms in total. The van der Waals surface area contributed by atoms with E-state index in [1.54, 1.807) is 11.3 Å². The van der Waals surface area contributed by atoms with E-state index in [1.807, 2.05) is 47.8 Å². The molecule has 0 aliphatic carbocycles. The summed E-state index contributed by atoms with van der Waals surface area (Å²) in [5.41, 5.74) is 3.83. The SMILES string of the molecule is CC(C)c1nc(CNC(=O)c2ccc(-c3ccccc3)cc2)cs1. The molecule has 0 saturated heterocycles. The number of amides is 1. The number of carbonyl (C=O) groups is 1. The van der Waals surface area contributed by atoms with Gasteiger partial charge in [-0.05, 0) is 23.3 Å². The second-order valence-electron chi connectivity index (χ2n) is 5.96. The summed E-state index contributed by atoms with van der Waals surface area (Å²) in [7, 11) is 0. The Morgan fingerprint density at radius 2 is 1.71 bits per heavy atom. The molecule has 0 radical (unpaired) electrons. The third kappa shape index (κ3) is 3.89. The van der Waals surface area contributed by atoms with E-state index in [0.717, 1.165) is 21.8 Å². The first-order chi connectivity index (χ1) is 11.6. The van der Waals surface area contributed by atoms with Crippen molar-refractivity contribution in [1.29, 1.82) is 0 Å². The molecule has 0 fully saturated rings. The highest BCUT2D eigenvalue weighted by atomic mass is 32.1. The van der Waals surface area contributed by atoms with Crippen molar-refractivity contribution < 1.29 is 4.79 Å². The molecular weight excluding hydrogens is 316 g/mol. The number of thiazole rings is 1. The van der Waals surface area contributed by atoms with Gasteiger partial charge in [0.1, 0.15) is 0 Å². The van der Waals surface area contributed by atoms with E-state index in [2.05, 4.69) is 36.3 Å². The molecule has 0 atom stereocenters. The van der Waals surface area contributed by atoms with Gasteiger partial charge in [-0.3, -0.25) is 4.79 Å². The Labute approximate surface area is 146 Å². The Morgan fingerprint density at radius 3 is 2.33 bits per heavy atom. The summed E-state index contributed by atoms with van der Waals surface area (Å²) in [6.45, 7) is 4.70. The molecule has 0 aliphatic heterocycles. The van der Waals surface area contributed by atoms with E-state index in [4.69, 9.17) is 0 Å². The number of carbonyl (C=O) groups excluding carboxylic acids is 1. The van der Waals surface area contributed by atoms with E-state index in [0.29, 0.717) is 18.0 Å². The first-order valence-corrected chi connectivity index (χ1v) is 8.89. The van der Waals surface area contributed by atoms with Crippen LogP contribution < -0.4 is 5.32 Å². The van der Waals surface area contributed by atoms with Gasteiger partial charge in [-0.15, -0.1) is 11.3 Å². The summed E-state index contributed by atoms with van der Waals surface area (Å²) in [5.74, 6) is 0.346. The smallest absolute Gasteiger partial charge is 0.251 e. The second kappa shape index (κ2) is 7.41. The molecule has 3 aromatic rings. The lowest BCUT2D eigenvalue weighted by atomic mass is 10.0. The quantitative estimate of drug-likeness (QED) is 0.722. The maximum absolute atomic E-state index is 12.3. The standard InChI is InChI=1S/C20H20N2OS/c1-14(2)20-22-18(13-24-20)12-21-19(23)17-10-8-16(9-11-17)15-6-4-3-5-7-15/h3-11,13-14H,12H2,1-2H3,(H,21,23). The zero-order chi connectivity index (χ0) is 16.9. The van der Waals surface area contributed by atoms with Crippen molar-refractivity contribution in [1.82, 2.24) is 10.3 Å². The largest absolute Gasteiger partial charge is 0.346 e. The van der Waals surface area contributed by atoms with Gasteiger partial charge in [0.15, 0.2) is 0 Å². The van der Waals surface area contributed by atoms with Gasteiger partial charge < -0.3 is 5.32 Å². The van der Waals surface area contributed by atoms with Crippen LogP contribution in [0.15, 0.2) is 60.0 Å². The lowest BCUT2D eigenvalue weighted by Gasteiger charge is -2.06. The van der Waals surface area contributed by atoms with E-state index in [-0.39, 0.29) is 5.91 Å². The predicted octanol–water partition coefficient (Wildman–Crippen LogP) is 4.86. The van der Waals surface area contributed by atoms with Gasteiger partial charge >= 0.3 is 0 Å². The van der Waals surface area contributed by atoms with E-state index in [1.165, 1.54) is 0 Å². The molecule has 4 heteroatoms. The van der Waals surface area contributed by atoms with Crippen LogP contribution in [0.5, 0.6) is 0 Å². The fourth-order valence-electron chi connectivity index (χ4n) is 2.39. The molecule has 0 saturated carbocycles. The molecule has 1 N–H and O–H groups in total. The maximum atomic E-state index is 12.3. The third-order valence-corrected chi connectivity index (χ3v) is 4.94. The number of nitrogens with one attached hydrogen (secondary N) is 1. The Kier molecular flexibility index (Phi) is 5.06. The minimum Gasteiger partial charge on any atom is -0.346 e. The molecule has 1 aromatic heterocycles. The molecule has 0 unspecified atom stereocenters. The summed E-state index contributed by atoms with van der Waals surface area (Å²) >= 11 is 1.64. The summed E-state index contributed by atoms with van der Waals surface area (Å²) in [4.78, 5) is 16.8. The average molecular weight is 336 g/mol. The number of nitrogens with zero attached hydrogens (tertiary/aromatic N) is 1. The summed E-state index contributed by atoms with van der Waals surface area (Å²) in [6.07, 6.45) is 0. The lowest BCUT2D eigenvalue weighted by molar-refractivity contribution is 0.0950. The molecule has 1 amide bonds. The second-order valence-corrected chi connectivity index (χ2v) is 6.85. The van der Waals surface area contributed by atoms with Crippen LogP contribution in [0.4, 0.5) is 0 Å². The van der Waals surface area contributed by atoms with Crippen molar-refractivity contribution in [2.24, 2.45) is 0 Å². The van der Waals surface area contributed by atoms with Crippen molar-refractivity contribution in [3.63, 3.8) is 0 Å². The molecule has 0 aliphatic rings. The van der Waals surface area contributed by atoms with E-state index < -0.39 is 0 Å². The van der Waals surface area contributed by atoms with Gasteiger partial charge in [0, 0.05) is 16.9 Å². The highest BCUT2D eigenvalue weighted by Gasteiger charge is 2.09. The highest BCUT2D eigenvalue weighted by molar-refractivity contribution is 7.09. The van der Waals surface area contributed by atoms with Gasteiger partial charge in [-0.25, -0.2) is 4.98 Å².